The number of rotatable bonds is 4. The maximum absolute atomic E-state index is 5.34. The zero-order valence-electron chi connectivity index (χ0n) is 16.1. The van der Waals surface area contributed by atoms with Gasteiger partial charge in [0.2, 0.25) is 0 Å². The summed E-state index contributed by atoms with van der Waals surface area (Å²) in [6.45, 7) is 0.852. The molecule has 0 bridgehead atoms. The summed E-state index contributed by atoms with van der Waals surface area (Å²) in [5.74, 6) is 0.880. The third-order valence-electron chi connectivity index (χ3n) is 5.66. The summed E-state index contributed by atoms with van der Waals surface area (Å²) in [6, 6.07) is 19.0. The molecular weight excluding hydrogens is 364 g/mol. The Balaban J connectivity index is 1.60. The van der Waals surface area contributed by atoms with Crippen molar-refractivity contribution in [2.45, 2.75) is 38.4 Å². The van der Waals surface area contributed by atoms with E-state index in [0.29, 0.717) is 0 Å². The van der Waals surface area contributed by atoms with Crippen LogP contribution in [-0.2, 0) is 19.4 Å². The Morgan fingerprint density at radius 3 is 2.61 bits per heavy atom. The van der Waals surface area contributed by atoms with E-state index in [2.05, 4.69) is 53.6 Å². The van der Waals surface area contributed by atoms with Crippen LogP contribution in [0.2, 0.25) is 0 Å². The predicted octanol–water partition coefficient (Wildman–Crippen LogP) is 4.21. The molecule has 1 aliphatic carbocycles. The lowest BCUT2D eigenvalue weighted by Crippen LogP contribution is -2.36. The Kier molecular flexibility index (Phi) is 4.65. The van der Waals surface area contributed by atoms with Gasteiger partial charge in [0.25, 0.3) is 0 Å². The summed E-state index contributed by atoms with van der Waals surface area (Å²) in [4.78, 5) is 9.16. The van der Waals surface area contributed by atoms with E-state index in [-0.39, 0.29) is 6.17 Å². The van der Waals surface area contributed by atoms with Gasteiger partial charge in [0.15, 0.2) is 0 Å². The lowest BCUT2D eigenvalue weighted by atomic mass is 9.98. The fourth-order valence-corrected chi connectivity index (χ4v) is 5.45. The van der Waals surface area contributed by atoms with Gasteiger partial charge in [-0.15, -0.1) is 11.3 Å². The highest BCUT2D eigenvalue weighted by Crippen LogP contribution is 2.29. The third-order valence-corrected chi connectivity index (χ3v) is 6.88. The van der Waals surface area contributed by atoms with Gasteiger partial charge in [-0.1, -0.05) is 42.5 Å². The van der Waals surface area contributed by atoms with Crippen molar-refractivity contribution in [1.29, 1.82) is 0 Å². The highest BCUT2D eigenvalue weighted by molar-refractivity contribution is 7.09. The normalized spacial score (nSPS) is 17.9. The van der Waals surface area contributed by atoms with Crippen molar-refractivity contribution >= 4 is 17.5 Å². The zero-order chi connectivity index (χ0) is 18.9. The van der Waals surface area contributed by atoms with E-state index in [9.17, 15) is 0 Å². The molecule has 0 radical (unpaired) electrons. The van der Waals surface area contributed by atoms with Crippen molar-refractivity contribution in [2.24, 2.45) is 4.99 Å². The molecule has 3 nitrogen and oxygen atoms in total. The standard InChI is InChI=1S/C24H24N2OS/c1-27-19-13-11-18(12-14-19)23-25-24-21(20-9-5-6-10-22(20)28-24)16-26(23)15-17-7-3-2-4-8-17/h2-4,7-8,11-14,16,23H,5-6,9-10,15H2,1H3. The Morgan fingerprint density at radius 1 is 1.04 bits per heavy atom. The van der Waals surface area contributed by atoms with E-state index in [0.717, 1.165) is 12.3 Å². The predicted molar refractivity (Wildman–Crippen MR) is 114 cm³/mol. The molecule has 4 heteroatoms. The maximum Gasteiger partial charge on any atom is 0.148 e. The number of methoxy groups -OCH3 is 1. The van der Waals surface area contributed by atoms with Gasteiger partial charge in [-0.3, -0.25) is 0 Å². The van der Waals surface area contributed by atoms with Gasteiger partial charge in [0, 0.05) is 22.8 Å². The SMILES string of the molecule is COc1ccc(C2N=c3sc4c(c3=CN2Cc2ccccc2)CCCC4)cc1. The molecule has 28 heavy (non-hydrogen) atoms. The van der Waals surface area contributed by atoms with Gasteiger partial charge in [0.05, 0.1) is 7.11 Å². The molecule has 2 heterocycles. The lowest BCUT2D eigenvalue weighted by molar-refractivity contribution is 0.300. The maximum atomic E-state index is 5.34. The summed E-state index contributed by atoms with van der Waals surface area (Å²) in [5, 5.41) is 1.36. The Morgan fingerprint density at radius 2 is 1.82 bits per heavy atom. The summed E-state index contributed by atoms with van der Waals surface area (Å²) < 4.78 is 6.55. The molecule has 0 saturated carbocycles. The minimum atomic E-state index is -0.00119. The van der Waals surface area contributed by atoms with Crippen LogP contribution in [0.25, 0.3) is 6.20 Å². The average Bonchev–Trinajstić information content (AvgIpc) is 3.12. The van der Waals surface area contributed by atoms with E-state index in [1.807, 2.05) is 23.5 Å². The van der Waals surface area contributed by atoms with Crippen LogP contribution >= 0.6 is 11.3 Å². The van der Waals surface area contributed by atoms with Crippen LogP contribution in [0.4, 0.5) is 0 Å². The molecule has 2 aliphatic rings. The first kappa shape index (κ1) is 17.5. The van der Waals surface area contributed by atoms with Crippen LogP contribution < -0.4 is 14.6 Å². The van der Waals surface area contributed by atoms with Gasteiger partial charge in [-0.05, 0) is 54.5 Å². The van der Waals surface area contributed by atoms with E-state index in [4.69, 9.17) is 9.73 Å². The number of hydrogen-bond donors (Lipinski definition) is 0. The molecule has 142 valence electrons. The smallest absolute Gasteiger partial charge is 0.148 e. The van der Waals surface area contributed by atoms with Crippen molar-refractivity contribution in [2.75, 3.05) is 7.11 Å². The Bertz CT molecular complexity index is 1090. The summed E-state index contributed by atoms with van der Waals surface area (Å²) >= 11 is 1.90. The zero-order valence-corrected chi connectivity index (χ0v) is 16.9. The van der Waals surface area contributed by atoms with Crippen molar-refractivity contribution in [1.82, 2.24) is 4.90 Å². The molecule has 0 spiro atoms. The fraction of sp³-hybridized carbons (Fsp3) is 0.292. The topological polar surface area (TPSA) is 24.8 Å². The van der Waals surface area contributed by atoms with Crippen LogP contribution in [0, 0.1) is 0 Å². The molecular formula is C24H24N2OS. The number of thiophene rings is 1. The van der Waals surface area contributed by atoms with E-state index >= 15 is 0 Å². The third kappa shape index (κ3) is 3.22. The first-order valence-electron chi connectivity index (χ1n) is 9.96. The minimum Gasteiger partial charge on any atom is -0.497 e. The summed E-state index contributed by atoms with van der Waals surface area (Å²) in [5.41, 5.74) is 4.05. The molecule has 2 aromatic carbocycles. The van der Waals surface area contributed by atoms with Crippen LogP contribution in [0.5, 0.6) is 5.75 Å². The van der Waals surface area contributed by atoms with Crippen molar-refractivity contribution in [3.05, 3.63) is 86.1 Å². The van der Waals surface area contributed by atoms with Crippen LogP contribution in [0.15, 0.2) is 59.6 Å². The van der Waals surface area contributed by atoms with Crippen LogP contribution in [0.3, 0.4) is 0 Å². The number of aryl methyl sites for hydroxylation is 1. The molecule has 1 aliphatic heterocycles. The molecule has 5 rings (SSSR count). The first-order valence-corrected chi connectivity index (χ1v) is 10.8. The van der Waals surface area contributed by atoms with Crippen LogP contribution in [0.1, 0.15) is 40.6 Å². The lowest BCUT2D eigenvalue weighted by Gasteiger charge is -2.30. The number of nitrogens with zero attached hydrogens (tertiary/aromatic N) is 2. The monoisotopic (exact) mass is 388 g/mol. The molecule has 1 aromatic heterocycles. The molecule has 0 N–H and O–H groups in total. The Labute approximate surface area is 169 Å². The largest absolute Gasteiger partial charge is 0.497 e. The number of ether oxygens (including phenoxy) is 1. The quantitative estimate of drug-likeness (QED) is 0.669. The molecule has 0 saturated heterocycles. The number of hydrogen-bond acceptors (Lipinski definition) is 4. The molecule has 0 fully saturated rings. The highest BCUT2D eigenvalue weighted by atomic mass is 32.1. The number of benzene rings is 2. The fourth-order valence-electron chi connectivity index (χ4n) is 4.19. The van der Waals surface area contributed by atoms with Gasteiger partial charge in [-0.2, -0.15) is 0 Å². The summed E-state index contributed by atoms with van der Waals surface area (Å²) in [6.07, 6.45) is 7.37. The Hall–Kier alpha value is -2.59. The minimum absolute atomic E-state index is 0.00119. The van der Waals surface area contributed by atoms with Gasteiger partial charge < -0.3 is 9.64 Å². The molecule has 3 aromatic rings. The van der Waals surface area contributed by atoms with Crippen LogP contribution in [-0.4, -0.2) is 12.0 Å². The second kappa shape index (κ2) is 7.44. The first-order chi connectivity index (χ1) is 13.8. The van der Waals surface area contributed by atoms with Gasteiger partial charge >= 0.3 is 0 Å². The van der Waals surface area contributed by atoms with E-state index in [1.165, 1.54) is 46.7 Å². The highest BCUT2D eigenvalue weighted by Gasteiger charge is 2.24. The molecule has 1 atom stereocenters. The number of fused-ring (bicyclic) bond motifs is 3. The van der Waals surface area contributed by atoms with Crippen molar-refractivity contribution < 1.29 is 4.74 Å². The average molecular weight is 389 g/mol. The van der Waals surface area contributed by atoms with Crippen molar-refractivity contribution in [3.8, 4) is 5.75 Å². The van der Waals surface area contributed by atoms with Gasteiger partial charge in [0.1, 0.15) is 16.6 Å². The van der Waals surface area contributed by atoms with Gasteiger partial charge in [-0.25, -0.2) is 4.99 Å². The molecule has 0 amide bonds. The molecule has 1 unspecified atom stereocenters. The van der Waals surface area contributed by atoms with E-state index in [1.54, 1.807) is 17.6 Å². The second-order valence-electron chi connectivity index (χ2n) is 7.49. The van der Waals surface area contributed by atoms with Crippen molar-refractivity contribution in [3.63, 3.8) is 0 Å². The second-order valence-corrected chi connectivity index (χ2v) is 8.58. The summed E-state index contributed by atoms with van der Waals surface area (Å²) in [7, 11) is 1.71. The van der Waals surface area contributed by atoms with E-state index < -0.39 is 0 Å².